The van der Waals surface area contributed by atoms with Crippen LogP contribution in [-0.4, -0.2) is 27.9 Å². The average molecular weight is 437 g/mol. The molecule has 164 valence electrons. The minimum atomic E-state index is -5.13. The van der Waals surface area contributed by atoms with E-state index in [4.69, 9.17) is 4.42 Å². The highest BCUT2D eigenvalue weighted by atomic mass is 19.4. The quantitative estimate of drug-likeness (QED) is 0.507. The molecule has 0 spiro atoms. The summed E-state index contributed by atoms with van der Waals surface area (Å²) in [4.78, 5) is 12.8. The van der Waals surface area contributed by atoms with Crippen molar-refractivity contribution in [3.63, 3.8) is 0 Å². The van der Waals surface area contributed by atoms with Crippen LogP contribution >= 0.6 is 0 Å². The Morgan fingerprint density at radius 1 is 1.19 bits per heavy atom. The molecule has 3 aromatic rings. The Morgan fingerprint density at radius 3 is 2.52 bits per heavy atom. The molecule has 1 aliphatic carbocycles. The van der Waals surface area contributed by atoms with Crippen LogP contribution in [-0.2, 0) is 5.41 Å². The lowest BCUT2D eigenvalue weighted by Gasteiger charge is -2.48. The Bertz CT molecular complexity index is 1150. The van der Waals surface area contributed by atoms with Gasteiger partial charge in [-0.05, 0) is 35.6 Å². The third kappa shape index (κ3) is 3.23. The predicted octanol–water partition coefficient (Wildman–Crippen LogP) is 4.72. The van der Waals surface area contributed by atoms with Crippen LogP contribution in [0.1, 0.15) is 48.0 Å². The number of halogens is 4. The first kappa shape index (κ1) is 21.2. The molecule has 1 aromatic heterocycles. The van der Waals surface area contributed by atoms with Crippen LogP contribution in [0.25, 0.3) is 11.0 Å². The second-order valence-corrected chi connectivity index (χ2v) is 8.40. The SMILES string of the molecule is CC1(C)C[C@@](O)(C(F)(F)F)[C@@H](NC(=O)c2cc3ccccc3o2)c2ccc(F)c(O)c21. The van der Waals surface area contributed by atoms with Crippen LogP contribution in [0.4, 0.5) is 17.6 Å². The standard InChI is InChI=1S/C22H19F4NO4/c1-20(2)10-21(30,22(24,25)26)18(12-7-8-13(23)17(28)16(12)20)27-19(29)15-9-11-5-3-4-6-14(11)31-15/h3-9,18,28,30H,10H2,1-2H3,(H,27,29)/t18-,21-/m0/s1. The van der Waals surface area contributed by atoms with Crippen molar-refractivity contribution in [3.05, 3.63) is 65.2 Å². The van der Waals surface area contributed by atoms with E-state index in [1.54, 1.807) is 24.3 Å². The highest BCUT2D eigenvalue weighted by molar-refractivity contribution is 5.96. The average Bonchev–Trinajstić information content (AvgIpc) is 3.10. The molecule has 4 rings (SSSR count). The molecule has 31 heavy (non-hydrogen) atoms. The first-order chi connectivity index (χ1) is 14.3. The minimum absolute atomic E-state index is 0.101. The second kappa shape index (κ2) is 6.71. The van der Waals surface area contributed by atoms with Crippen molar-refractivity contribution in [2.75, 3.05) is 0 Å². The summed E-state index contributed by atoms with van der Waals surface area (Å²) < 4.78 is 61.6. The molecule has 1 amide bonds. The number of hydrogen-bond acceptors (Lipinski definition) is 4. The predicted molar refractivity (Wildman–Crippen MR) is 103 cm³/mol. The Kier molecular flexibility index (Phi) is 4.59. The lowest BCUT2D eigenvalue weighted by molar-refractivity contribution is -0.280. The summed E-state index contributed by atoms with van der Waals surface area (Å²) in [5.41, 5.74) is -4.76. The van der Waals surface area contributed by atoms with Gasteiger partial charge < -0.3 is 19.9 Å². The van der Waals surface area contributed by atoms with Gasteiger partial charge in [0.1, 0.15) is 5.58 Å². The van der Waals surface area contributed by atoms with Crippen molar-refractivity contribution < 1.29 is 37.0 Å². The van der Waals surface area contributed by atoms with E-state index in [1.807, 2.05) is 0 Å². The summed E-state index contributed by atoms with van der Waals surface area (Å²) in [6.07, 6.45) is -6.03. The molecule has 1 heterocycles. The Hall–Kier alpha value is -3.07. The first-order valence-corrected chi connectivity index (χ1v) is 9.45. The van der Waals surface area contributed by atoms with E-state index in [2.05, 4.69) is 5.32 Å². The van der Waals surface area contributed by atoms with Crippen molar-refractivity contribution in [1.82, 2.24) is 5.32 Å². The van der Waals surface area contributed by atoms with Gasteiger partial charge in [-0.25, -0.2) is 4.39 Å². The van der Waals surface area contributed by atoms with Crippen LogP contribution in [0.5, 0.6) is 5.75 Å². The zero-order valence-electron chi connectivity index (χ0n) is 16.5. The van der Waals surface area contributed by atoms with E-state index in [9.17, 15) is 32.6 Å². The summed E-state index contributed by atoms with van der Waals surface area (Å²) in [6.45, 7) is 2.72. The summed E-state index contributed by atoms with van der Waals surface area (Å²) in [7, 11) is 0. The number of fused-ring (bicyclic) bond motifs is 2. The molecule has 0 bridgehead atoms. The van der Waals surface area contributed by atoms with Crippen LogP contribution in [0.2, 0.25) is 0 Å². The summed E-state index contributed by atoms with van der Waals surface area (Å²) >= 11 is 0. The monoisotopic (exact) mass is 437 g/mol. The Labute approximate surface area is 174 Å². The molecule has 5 nitrogen and oxygen atoms in total. The smallest absolute Gasteiger partial charge is 0.419 e. The molecule has 1 aliphatic rings. The number of nitrogens with one attached hydrogen (secondary N) is 1. The number of hydrogen-bond donors (Lipinski definition) is 3. The number of phenols is 1. The molecule has 0 unspecified atom stereocenters. The maximum Gasteiger partial charge on any atom is 0.419 e. The Balaban J connectivity index is 1.84. The topological polar surface area (TPSA) is 82.7 Å². The number of furan rings is 1. The molecule has 3 N–H and O–H groups in total. The van der Waals surface area contributed by atoms with E-state index in [0.717, 1.165) is 12.1 Å². The number of phenolic OH excluding ortho intramolecular Hbond substituents is 1. The number of rotatable bonds is 2. The van der Waals surface area contributed by atoms with Gasteiger partial charge in [0.25, 0.3) is 5.91 Å². The van der Waals surface area contributed by atoms with Crippen molar-refractivity contribution in [1.29, 1.82) is 0 Å². The molecule has 0 radical (unpaired) electrons. The van der Waals surface area contributed by atoms with Crippen molar-refractivity contribution in [2.45, 2.75) is 43.5 Å². The minimum Gasteiger partial charge on any atom is -0.505 e. The number of para-hydroxylation sites is 1. The fourth-order valence-corrected chi connectivity index (χ4v) is 4.41. The van der Waals surface area contributed by atoms with E-state index < -0.39 is 47.1 Å². The zero-order valence-corrected chi connectivity index (χ0v) is 16.5. The maximum atomic E-state index is 14.1. The fourth-order valence-electron chi connectivity index (χ4n) is 4.41. The van der Waals surface area contributed by atoms with E-state index in [-0.39, 0.29) is 16.9 Å². The van der Waals surface area contributed by atoms with Gasteiger partial charge in [-0.3, -0.25) is 4.79 Å². The van der Waals surface area contributed by atoms with Gasteiger partial charge in [0.2, 0.25) is 0 Å². The molecule has 0 fully saturated rings. The van der Waals surface area contributed by atoms with Crippen molar-refractivity contribution >= 4 is 16.9 Å². The first-order valence-electron chi connectivity index (χ1n) is 9.45. The maximum absolute atomic E-state index is 14.1. The van der Waals surface area contributed by atoms with Gasteiger partial charge in [-0.2, -0.15) is 13.2 Å². The van der Waals surface area contributed by atoms with E-state index in [0.29, 0.717) is 11.0 Å². The number of carbonyl (C=O) groups excluding carboxylic acids is 1. The van der Waals surface area contributed by atoms with Gasteiger partial charge in [-0.1, -0.05) is 38.1 Å². The molecule has 0 saturated heterocycles. The highest BCUT2D eigenvalue weighted by Gasteiger charge is 2.64. The molecule has 2 atom stereocenters. The third-order valence-electron chi connectivity index (χ3n) is 5.75. The lowest BCUT2D eigenvalue weighted by Crippen LogP contribution is -2.60. The molecule has 0 aliphatic heterocycles. The summed E-state index contributed by atoms with van der Waals surface area (Å²) in [6, 6.07) is 7.84. The van der Waals surface area contributed by atoms with Crippen molar-refractivity contribution in [3.8, 4) is 5.75 Å². The number of benzene rings is 2. The lowest BCUT2D eigenvalue weighted by atomic mass is 9.63. The summed E-state index contributed by atoms with van der Waals surface area (Å²) in [5, 5.41) is 23.8. The van der Waals surface area contributed by atoms with Crippen molar-refractivity contribution in [2.24, 2.45) is 0 Å². The number of aliphatic hydroxyl groups is 1. The largest absolute Gasteiger partial charge is 0.505 e. The van der Waals surface area contributed by atoms with Crippen LogP contribution in [0.3, 0.4) is 0 Å². The Morgan fingerprint density at radius 2 is 1.87 bits per heavy atom. The van der Waals surface area contributed by atoms with Crippen LogP contribution in [0, 0.1) is 5.82 Å². The summed E-state index contributed by atoms with van der Waals surface area (Å²) in [5.74, 6) is -3.05. The number of carbonyl (C=O) groups is 1. The number of alkyl halides is 3. The highest BCUT2D eigenvalue weighted by Crippen LogP contribution is 2.55. The van der Waals surface area contributed by atoms with Crippen LogP contribution in [0.15, 0.2) is 46.9 Å². The molecule has 9 heteroatoms. The third-order valence-corrected chi connectivity index (χ3v) is 5.75. The fraction of sp³-hybridized carbons (Fsp3) is 0.318. The molecule has 2 aromatic carbocycles. The van der Waals surface area contributed by atoms with E-state index in [1.165, 1.54) is 19.9 Å². The second-order valence-electron chi connectivity index (χ2n) is 8.40. The van der Waals surface area contributed by atoms with Gasteiger partial charge in [0.05, 0.1) is 6.04 Å². The van der Waals surface area contributed by atoms with Gasteiger partial charge in [0.15, 0.2) is 22.9 Å². The molecular weight excluding hydrogens is 418 g/mol. The molecule has 0 saturated carbocycles. The number of aromatic hydroxyl groups is 1. The van der Waals surface area contributed by atoms with Gasteiger partial charge in [-0.15, -0.1) is 0 Å². The van der Waals surface area contributed by atoms with Gasteiger partial charge >= 0.3 is 6.18 Å². The zero-order chi connectivity index (χ0) is 22.8. The van der Waals surface area contributed by atoms with Gasteiger partial charge in [0, 0.05) is 10.9 Å². The van der Waals surface area contributed by atoms with E-state index >= 15 is 0 Å². The normalized spacial score (nSPS) is 22.9. The van der Waals surface area contributed by atoms with Crippen LogP contribution < -0.4 is 5.32 Å². The molecular formula is C22H19F4NO4. The number of amides is 1.